The number of amides is 3. The minimum atomic E-state index is -0.505. The summed E-state index contributed by atoms with van der Waals surface area (Å²) in [6, 6.07) is 12.7. The van der Waals surface area contributed by atoms with Gasteiger partial charge in [0.1, 0.15) is 5.66 Å². The first-order valence-corrected chi connectivity index (χ1v) is 9.35. The Morgan fingerprint density at radius 2 is 1.81 bits per heavy atom. The summed E-state index contributed by atoms with van der Waals surface area (Å²) in [5.41, 5.74) is 2.71. The molecule has 3 amide bonds. The third kappa shape index (κ3) is 3.45. The van der Waals surface area contributed by atoms with Gasteiger partial charge in [-0.15, -0.1) is 0 Å². The molecule has 0 bridgehead atoms. The maximum Gasteiger partial charge on any atom is 0.321 e. The molecule has 2 aromatic rings. The number of likely N-dealkylation sites (tertiary alicyclic amines) is 1. The van der Waals surface area contributed by atoms with Crippen molar-refractivity contribution in [3.05, 3.63) is 58.6 Å². The molecule has 0 aliphatic carbocycles. The van der Waals surface area contributed by atoms with Crippen LogP contribution in [0.1, 0.15) is 28.8 Å². The third-order valence-electron chi connectivity index (χ3n) is 5.23. The topological polar surface area (TPSA) is 73.5 Å². The molecule has 6 nitrogen and oxygen atoms in total. The van der Waals surface area contributed by atoms with Crippen molar-refractivity contribution in [2.75, 3.05) is 23.7 Å². The molecular weight excluding hydrogens is 364 g/mol. The van der Waals surface area contributed by atoms with Gasteiger partial charge < -0.3 is 20.9 Å². The van der Waals surface area contributed by atoms with Gasteiger partial charge in [-0.25, -0.2) is 4.79 Å². The lowest BCUT2D eigenvalue weighted by molar-refractivity contribution is 0.0851. The van der Waals surface area contributed by atoms with Gasteiger partial charge in [-0.05, 0) is 42.8 Å². The second-order valence-corrected chi connectivity index (χ2v) is 7.52. The summed E-state index contributed by atoms with van der Waals surface area (Å²) in [7, 11) is 0. The van der Waals surface area contributed by atoms with Crippen molar-refractivity contribution >= 4 is 34.9 Å². The van der Waals surface area contributed by atoms with E-state index >= 15 is 0 Å². The van der Waals surface area contributed by atoms with Crippen molar-refractivity contribution in [3.63, 3.8) is 0 Å². The number of anilines is 2. The minimum absolute atomic E-state index is 0.0547. The summed E-state index contributed by atoms with van der Waals surface area (Å²) in [6.07, 6.45) is 1.28. The highest BCUT2D eigenvalue weighted by Gasteiger charge is 2.41. The Labute approximate surface area is 162 Å². The van der Waals surface area contributed by atoms with Crippen LogP contribution in [0.5, 0.6) is 0 Å². The van der Waals surface area contributed by atoms with Crippen LogP contribution in [0.25, 0.3) is 0 Å². The molecule has 1 saturated heterocycles. The number of urea groups is 1. The Morgan fingerprint density at radius 3 is 2.52 bits per heavy atom. The minimum Gasteiger partial charge on any atom is -0.362 e. The molecule has 140 valence electrons. The molecule has 1 fully saturated rings. The summed E-state index contributed by atoms with van der Waals surface area (Å²) in [5.74, 6) is -0.0547. The SMILES string of the molecule is Cc1cccc2c1C(=O)NC1(CCN(C(=O)Nc3ccc(Cl)cc3)CC1)N2. The van der Waals surface area contributed by atoms with E-state index in [1.54, 1.807) is 29.2 Å². The lowest BCUT2D eigenvalue weighted by atomic mass is 9.91. The second kappa shape index (κ2) is 6.78. The fourth-order valence-electron chi connectivity index (χ4n) is 3.72. The molecule has 7 heteroatoms. The second-order valence-electron chi connectivity index (χ2n) is 7.08. The van der Waals surface area contributed by atoms with E-state index in [-0.39, 0.29) is 11.9 Å². The molecule has 3 N–H and O–H groups in total. The standard InChI is InChI=1S/C20H21ClN4O2/c1-13-3-2-4-16-17(13)18(26)24-20(23-16)9-11-25(12-10-20)19(27)22-15-7-5-14(21)6-8-15/h2-8,23H,9-12H2,1H3,(H,22,27)(H,24,26). The van der Waals surface area contributed by atoms with Crippen LogP contribution in [0, 0.1) is 6.92 Å². The van der Waals surface area contributed by atoms with Crippen LogP contribution in [0.2, 0.25) is 5.02 Å². The normalized spacial score (nSPS) is 17.7. The van der Waals surface area contributed by atoms with Gasteiger partial charge >= 0.3 is 6.03 Å². The first kappa shape index (κ1) is 17.7. The zero-order chi connectivity index (χ0) is 19.0. The zero-order valence-corrected chi connectivity index (χ0v) is 15.8. The first-order chi connectivity index (χ1) is 13.0. The van der Waals surface area contributed by atoms with E-state index < -0.39 is 5.66 Å². The van der Waals surface area contributed by atoms with Gasteiger partial charge in [0.05, 0.1) is 5.56 Å². The van der Waals surface area contributed by atoms with Crippen molar-refractivity contribution < 1.29 is 9.59 Å². The third-order valence-corrected chi connectivity index (χ3v) is 5.48. The van der Waals surface area contributed by atoms with Crippen LogP contribution in [0.3, 0.4) is 0 Å². The maximum atomic E-state index is 12.6. The smallest absolute Gasteiger partial charge is 0.321 e. The van der Waals surface area contributed by atoms with Gasteiger partial charge in [0, 0.05) is 42.3 Å². The van der Waals surface area contributed by atoms with Crippen molar-refractivity contribution in [2.45, 2.75) is 25.4 Å². The van der Waals surface area contributed by atoms with Crippen LogP contribution in [-0.2, 0) is 0 Å². The number of carbonyl (C=O) groups is 2. The Bertz CT molecular complexity index is 889. The van der Waals surface area contributed by atoms with Gasteiger partial charge in [0.15, 0.2) is 0 Å². The Morgan fingerprint density at radius 1 is 1.11 bits per heavy atom. The Balaban J connectivity index is 1.42. The van der Waals surface area contributed by atoms with Crippen LogP contribution < -0.4 is 16.0 Å². The van der Waals surface area contributed by atoms with E-state index in [2.05, 4.69) is 16.0 Å². The molecule has 2 aromatic carbocycles. The highest BCUT2D eigenvalue weighted by molar-refractivity contribution is 6.30. The number of nitrogens with zero attached hydrogens (tertiary/aromatic N) is 1. The molecule has 0 unspecified atom stereocenters. The fraction of sp³-hybridized carbons (Fsp3) is 0.300. The van der Waals surface area contributed by atoms with Crippen molar-refractivity contribution in [3.8, 4) is 0 Å². The fourth-order valence-corrected chi connectivity index (χ4v) is 3.85. The molecule has 0 atom stereocenters. The number of piperidine rings is 1. The van der Waals surface area contributed by atoms with Crippen LogP contribution >= 0.6 is 11.6 Å². The molecule has 2 heterocycles. The van der Waals surface area contributed by atoms with Gasteiger partial charge in [0.2, 0.25) is 0 Å². The molecular formula is C20H21ClN4O2. The molecule has 0 radical (unpaired) electrons. The summed E-state index contributed by atoms with van der Waals surface area (Å²) in [4.78, 5) is 26.9. The molecule has 4 rings (SSSR count). The maximum absolute atomic E-state index is 12.6. The van der Waals surface area contributed by atoms with Crippen LogP contribution in [0.4, 0.5) is 16.2 Å². The number of aryl methyl sites for hydroxylation is 1. The van der Waals surface area contributed by atoms with E-state index in [1.165, 1.54) is 0 Å². The monoisotopic (exact) mass is 384 g/mol. The first-order valence-electron chi connectivity index (χ1n) is 8.98. The van der Waals surface area contributed by atoms with Gasteiger partial charge in [-0.2, -0.15) is 0 Å². The summed E-state index contributed by atoms with van der Waals surface area (Å²) in [5, 5.41) is 10.1. The number of fused-ring (bicyclic) bond motifs is 1. The predicted octanol–water partition coefficient (Wildman–Crippen LogP) is 3.83. The van der Waals surface area contributed by atoms with E-state index in [9.17, 15) is 9.59 Å². The largest absolute Gasteiger partial charge is 0.362 e. The highest BCUT2D eigenvalue weighted by Crippen LogP contribution is 2.32. The quantitative estimate of drug-likeness (QED) is 0.699. The summed E-state index contributed by atoms with van der Waals surface area (Å²) >= 11 is 5.87. The molecule has 2 aliphatic heterocycles. The zero-order valence-electron chi connectivity index (χ0n) is 15.0. The summed E-state index contributed by atoms with van der Waals surface area (Å²) < 4.78 is 0. The van der Waals surface area contributed by atoms with Crippen molar-refractivity contribution in [1.29, 1.82) is 0 Å². The number of halogens is 1. The van der Waals surface area contributed by atoms with E-state index in [0.717, 1.165) is 11.3 Å². The van der Waals surface area contributed by atoms with E-state index in [1.807, 2.05) is 25.1 Å². The lowest BCUT2D eigenvalue weighted by Gasteiger charge is -2.46. The average Bonchev–Trinajstić information content (AvgIpc) is 2.64. The van der Waals surface area contributed by atoms with E-state index in [0.29, 0.717) is 42.2 Å². The predicted molar refractivity (Wildman–Crippen MR) is 106 cm³/mol. The van der Waals surface area contributed by atoms with E-state index in [4.69, 9.17) is 11.6 Å². The molecule has 27 heavy (non-hydrogen) atoms. The van der Waals surface area contributed by atoms with Crippen molar-refractivity contribution in [2.24, 2.45) is 0 Å². The highest BCUT2D eigenvalue weighted by atomic mass is 35.5. The Kier molecular flexibility index (Phi) is 4.44. The van der Waals surface area contributed by atoms with Gasteiger partial charge in [-0.3, -0.25) is 4.79 Å². The van der Waals surface area contributed by atoms with Crippen molar-refractivity contribution in [1.82, 2.24) is 10.2 Å². The Hall–Kier alpha value is -2.73. The molecule has 0 saturated carbocycles. The van der Waals surface area contributed by atoms with Gasteiger partial charge in [0.25, 0.3) is 5.91 Å². The average molecular weight is 385 g/mol. The van der Waals surface area contributed by atoms with Gasteiger partial charge in [-0.1, -0.05) is 23.7 Å². The molecule has 2 aliphatic rings. The van der Waals surface area contributed by atoms with Crippen LogP contribution in [0.15, 0.2) is 42.5 Å². The number of hydrogen-bond acceptors (Lipinski definition) is 3. The number of hydrogen-bond donors (Lipinski definition) is 3. The van der Waals surface area contributed by atoms with Crippen LogP contribution in [-0.4, -0.2) is 35.6 Å². The number of rotatable bonds is 1. The summed E-state index contributed by atoms with van der Waals surface area (Å²) in [6.45, 7) is 3.03. The number of carbonyl (C=O) groups excluding carboxylic acids is 2. The number of nitrogens with one attached hydrogen (secondary N) is 3. The lowest BCUT2D eigenvalue weighted by Crippen LogP contribution is -2.63. The molecule has 1 spiro atoms. The number of benzene rings is 2. The molecule has 0 aromatic heterocycles.